The van der Waals surface area contributed by atoms with Crippen LogP contribution < -0.4 is 5.32 Å². The molecule has 0 saturated heterocycles. The summed E-state index contributed by atoms with van der Waals surface area (Å²) >= 11 is 0. The van der Waals surface area contributed by atoms with Crippen molar-refractivity contribution >= 4 is 0 Å². The molecule has 1 aromatic rings. The summed E-state index contributed by atoms with van der Waals surface area (Å²) in [5.74, 6) is 0.815. The van der Waals surface area contributed by atoms with Gasteiger partial charge >= 0.3 is 0 Å². The highest BCUT2D eigenvalue weighted by atomic mass is 15.6. The van der Waals surface area contributed by atoms with Gasteiger partial charge in [0, 0.05) is 13.0 Å². The van der Waals surface area contributed by atoms with Gasteiger partial charge < -0.3 is 5.32 Å². The number of nitrogens with zero attached hydrogens (tertiary/aromatic N) is 4. The second kappa shape index (κ2) is 4.50. The summed E-state index contributed by atoms with van der Waals surface area (Å²) in [6.07, 6.45) is 0.855. The number of tetrazole rings is 1. The Morgan fingerprint density at radius 3 is 2.64 bits per heavy atom. The van der Waals surface area contributed by atoms with Crippen LogP contribution in [-0.2, 0) is 13.5 Å². The first-order valence-electron chi connectivity index (χ1n) is 4.97. The molecule has 5 heteroatoms. The van der Waals surface area contributed by atoms with E-state index in [0.29, 0.717) is 0 Å². The molecule has 0 aliphatic carbocycles. The van der Waals surface area contributed by atoms with Crippen LogP contribution in [0.3, 0.4) is 0 Å². The highest BCUT2D eigenvalue weighted by Gasteiger charge is 2.20. The van der Waals surface area contributed by atoms with Crippen LogP contribution in [0.1, 0.15) is 26.6 Å². The lowest BCUT2D eigenvalue weighted by Gasteiger charge is -2.22. The van der Waals surface area contributed by atoms with Crippen LogP contribution in [0.25, 0.3) is 0 Å². The number of nitrogens with one attached hydrogen (secondary N) is 1. The molecule has 14 heavy (non-hydrogen) atoms. The van der Waals surface area contributed by atoms with Crippen LogP contribution >= 0.6 is 0 Å². The monoisotopic (exact) mass is 197 g/mol. The molecule has 0 amide bonds. The first kappa shape index (κ1) is 11.1. The van der Waals surface area contributed by atoms with E-state index in [-0.39, 0.29) is 5.41 Å². The Morgan fingerprint density at radius 2 is 2.14 bits per heavy atom. The Hall–Kier alpha value is -0.970. The molecule has 0 unspecified atom stereocenters. The van der Waals surface area contributed by atoms with Gasteiger partial charge in [0.2, 0.25) is 0 Å². The molecule has 0 bridgehead atoms. The molecule has 0 fully saturated rings. The van der Waals surface area contributed by atoms with Crippen LogP contribution in [0, 0.1) is 5.41 Å². The molecule has 80 valence electrons. The fraction of sp³-hybridized carbons (Fsp3) is 0.889. The molecule has 1 rings (SSSR count). The normalized spacial score (nSPS) is 12.0. The van der Waals surface area contributed by atoms with E-state index in [2.05, 4.69) is 41.5 Å². The first-order valence-corrected chi connectivity index (χ1v) is 4.97. The summed E-state index contributed by atoms with van der Waals surface area (Å²) in [4.78, 5) is 1.50. The summed E-state index contributed by atoms with van der Waals surface area (Å²) in [6.45, 7) is 8.48. The fourth-order valence-electron chi connectivity index (χ4n) is 1.35. The van der Waals surface area contributed by atoms with Crippen LogP contribution in [0.4, 0.5) is 0 Å². The van der Waals surface area contributed by atoms with Gasteiger partial charge in [0.25, 0.3) is 0 Å². The van der Waals surface area contributed by atoms with Crippen molar-refractivity contribution in [2.75, 3.05) is 13.1 Å². The minimum Gasteiger partial charge on any atom is -0.316 e. The van der Waals surface area contributed by atoms with E-state index in [4.69, 9.17) is 0 Å². The summed E-state index contributed by atoms with van der Waals surface area (Å²) < 4.78 is 0. The zero-order valence-electron chi connectivity index (χ0n) is 9.41. The van der Waals surface area contributed by atoms with Gasteiger partial charge in [-0.25, -0.2) is 0 Å². The van der Waals surface area contributed by atoms with E-state index in [1.807, 2.05) is 0 Å². The molecule has 0 aliphatic heterocycles. The quantitative estimate of drug-likeness (QED) is 0.742. The fourth-order valence-corrected chi connectivity index (χ4v) is 1.35. The van der Waals surface area contributed by atoms with Gasteiger partial charge in [0.05, 0.1) is 7.05 Å². The highest BCUT2D eigenvalue weighted by molar-refractivity contribution is 4.86. The van der Waals surface area contributed by atoms with Crippen molar-refractivity contribution in [2.45, 2.75) is 27.2 Å². The maximum absolute atomic E-state index is 4.17. The van der Waals surface area contributed by atoms with E-state index in [1.54, 1.807) is 7.05 Å². The molecule has 0 radical (unpaired) electrons. The Kier molecular flexibility index (Phi) is 3.57. The Labute approximate surface area is 84.9 Å². The molecule has 1 aromatic heterocycles. The van der Waals surface area contributed by atoms with Gasteiger partial charge in [-0.05, 0) is 17.2 Å². The molecule has 0 aliphatic rings. The van der Waals surface area contributed by atoms with E-state index in [9.17, 15) is 0 Å². The molecule has 1 heterocycles. The van der Waals surface area contributed by atoms with Crippen molar-refractivity contribution in [3.05, 3.63) is 5.82 Å². The van der Waals surface area contributed by atoms with Gasteiger partial charge in [0.1, 0.15) is 0 Å². The topological polar surface area (TPSA) is 55.6 Å². The Morgan fingerprint density at radius 1 is 1.43 bits per heavy atom. The van der Waals surface area contributed by atoms with E-state index >= 15 is 0 Å². The first-order chi connectivity index (χ1) is 6.53. The molecule has 0 saturated carbocycles. The summed E-state index contributed by atoms with van der Waals surface area (Å²) in [5, 5.41) is 15.3. The third kappa shape index (κ3) is 3.41. The predicted octanol–water partition coefficient (Wildman–Crippen LogP) is 0.388. The Balaban J connectivity index is 2.49. The maximum atomic E-state index is 4.17. The lowest BCUT2D eigenvalue weighted by atomic mass is 9.89. The second-order valence-corrected chi connectivity index (χ2v) is 4.32. The zero-order valence-corrected chi connectivity index (χ0v) is 9.41. The van der Waals surface area contributed by atoms with Gasteiger partial charge in [0.15, 0.2) is 5.82 Å². The largest absolute Gasteiger partial charge is 0.316 e. The lowest BCUT2D eigenvalue weighted by Crippen LogP contribution is -2.31. The van der Waals surface area contributed by atoms with E-state index in [1.165, 1.54) is 4.80 Å². The van der Waals surface area contributed by atoms with E-state index in [0.717, 1.165) is 25.3 Å². The molecule has 0 aromatic carbocycles. The summed E-state index contributed by atoms with van der Waals surface area (Å²) in [5.41, 5.74) is 0.180. The van der Waals surface area contributed by atoms with Crippen molar-refractivity contribution in [3.63, 3.8) is 0 Å². The third-order valence-electron chi connectivity index (χ3n) is 2.04. The number of hydrogen-bond donors (Lipinski definition) is 1. The second-order valence-electron chi connectivity index (χ2n) is 4.32. The average Bonchev–Trinajstić information content (AvgIpc) is 2.47. The van der Waals surface area contributed by atoms with Crippen molar-refractivity contribution in [2.24, 2.45) is 12.5 Å². The highest BCUT2D eigenvalue weighted by Crippen LogP contribution is 2.18. The summed E-state index contributed by atoms with van der Waals surface area (Å²) in [6, 6.07) is 0. The van der Waals surface area contributed by atoms with Gasteiger partial charge in [-0.3, -0.25) is 0 Å². The SMILES string of the molecule is CCNCC(C)(C)Cc1nnn(C)n1. The standard InChI is InChI=1S/C9H19N5/c1-5-10-7-9(2,3)6-8-11-13-14(4)12-8/h10H,5-7H2,1-4H3. The predicted molar refractivity (Wildman–Crippen MR) is 54.8 cm³/mol. The van der Waals surface area contributed by atoms with Crippen LogP contribution in [0.2, 0.25) is 0 Å². The van der Waals surface area contributed by atoms with Crippen LogP contribution in [0.5, 0.6) is 0 Å². The smallest absolute Gasteiger partial charge is 0.175 e. The molecule has 1 N–H and O–H groups in total. The van der Waals surface area contributed by atoms with Crippen molar-refractivity contribution in [3.8, 4) is 0 Å². The lowest BCUT2D eigenvalue weighted by molar-refractivity contribution is 0.334. The van der Waals surface area contributed by atoms with Gasteiger partial charge in [-0.15, -0.1) is 10.2 Å². The molecule has 0 atom stereocenters. The summed E-state index contributed by atoms with van der Waals surface area (Å²) in [7, 11) is 1.79. The molecular weight excluding hydrogens is 178 g/mol. The van der Waals surface area contributed by atoms with Crippen molar-refractivity contribution in [1.29, 1.82) is 0 Å². The molecule has 5 nitrogen and oxygen atoms in total. The molecular formula is C9H19N5. The maximum Gasteiger partial charge on any atom is 0.175 e. The minimum absolute atomic E-state index is 0.180. The average molecular weight is 197 g/mol. The molecule has 0 spiro atoms. The van der Waals surface area contributed by atoms with Crippen molar-refractivity contribution in [1.82, 2.24) is 25.5 Å². The Bertz CT molecular complexity index is 278. The number of rotatable bonds is 5. The zero-order chi connectivity index (χ0) is 10.6. The number of aryl methyl sites for hydroxylation is 1. The van der Waals surface area contributed by atoms with Crippen LogP contribution in [0.15, 0.2) is 0 Å². The third-order valence-corrected chi connectivity index (χ3v) is 2.04. The van der Waals surface area contributed by atoms with Crippen molar-refractivity contribution < 1.29 is 0 Å². The van der Waals surface area contributed by atoms with E-state index < -0.39 is 0 Å². The number of aromatic nitrogens is 4. The minimum atomic E-state index is 0.180. The van der Waals surface area contributed by atoms with Gasteiger partial charge in [-0.2, -0.15) is 4.80 Å². The van der Waals surface area contributed by atoms with Crippen LogP contribution in [-0.4, -0.2) is 33.3 Å². The van der Waals surface area contributed by atoms with Gasteiger partial charge in [-0.1, -0.05) is 20.8 Å². The number of hydrogen-bond acceptors (Lipinski definition) is 4.